The number of amides is 1. The third kappa shape index (κ3) is 4.55. The third-order valence-corrected chi connectivity index (χ3v) is 4.41. The number of rotatable bonds is 7. The summed E-state index contributed by atoms with van der Waals surface area (Å²) in [4.78, 5) is 15.8. The maximum Gasteiger partial charge on any atom is 0.237 e. The largest absolute Gasteiger partial charge is 0.368 e. The molecule has 0 saturated heterocycles. The van der Waals surface area contributed by atoms with Crippen LogP contribution >= 0.6 is 23.3 Å². The van der Waals surface area contributed by atoms with Crippen LogP contribution in [0.25, 0.3) is 0 Å². The minimum absolute atomic E-state index is 0.219. The number of aryl methyl sites for hydroxylation is 1. The van der Waals surface area contributed by atoms with E-state index in [1.807, 2.05) is 27.7 Å². The lowest BCUT2D eigenvalue weighted by molar-refractivity contribution is -0.124. The van der Waals surface area contributed by atoms with E-state index in [1.54, 1.807) is 11.8 Å². The number of thioether (sulfide) groups is 1. The summed E-state index contributed by atoms with van der Waals surface area (Å²) in [5.41, 5.74) is 4.80. The molecular weight excluding hydrogens is 268 g/mol. The molecule has 1 rings (SSSR count). The molecular formula is C11H20N4OS2. The molecule has 18 heavy (non-hydrogen) atoms. The molecule has 102 valence electrons. The second-order valence-electron chi connectivity index (χ2n) is 4.70. The molecule has 0 spiro atoms. The smallest absolute Gasteiger partial charge is 0.237 e. The van der Waals surface area contributed by atoms with E-state index in [0.29, 0.717) is 6.42 Å². The minimum Gasteiger partial charge on any atom is -0.368 e. The first kappa shape index (κ1) is 15.4. The highest BCUT2D eigenvalue weighted by atomic mass is 32.2. The van der Waals surface area contributed by atoms with Gasteiger partial charge in [0.25, 0.3) is 0 Å². The Morgan fingerprint density at radius 1 is 1.61 bits per heavy atom. The van der Waals surface area contributed by atoms with Gasteiger partial charge in [0, 0.05) is 11.8 Å². The zero-order chi connectivity index (χ0) is 13.8. The average Bonchev–Trinajstić information content (AvgIpc) is 2.63. The molecule has 1 heterocycles. The number of hydrogen-bond donors (Lipinski definition) is 2. The van der Waals surface area contributed by atoms with Crippen LogP contribution in [0.15, 0.2) is 4.34 Å². The summed E-state index contributed by atoms with van der Waals surface area (Å²) >= 11 is 3.00. The molecule has 1 amide bonds. The van der Waals surface area contributed by atoms with Crippen molar-refractivity contribution in [1.29, 1.82) is 0 Å². The average molecular weight is 288 g/mol. The first-order valence-corrected chi connectivity index (χ1v) is 7.60. The minimum atomic E-state index is -0.666. The van der Waals surface area contributed by atoms with Crippen LogP contribution in [0.4, 0.5) is 0 Å². The maximum atomic E-state index is 11.5. The SMILES string of the molecule is Cc1nsc(SCCC(C)(NC(C)C)C(N)=O)n1. The van der Waals surface area contributed by atoms with Crippen LogP contribution in [-0.4, -0.2) is 32.6 Å². The van der Waals surface area contributed by atoms with Crippen molar-refractivity contribution in [2.45, 2.75) is 50.0 Å². The normalized spacial score (nSPS) is 14.7. The molecule has 0 aliphatic rings. The van der Waals surface area contributed by atoms with E-state index in [2.05, 4.69) is 14.7 Å². The lowest BCUT2D eigenvalue weighted by Crippen LogP contribution is -2.55. The Hall–Kier alpha value is -0.660. The summed E-state index contributed by atoms with van der Waals surface area (Å²) in [5, 5.41) is 3.23. The Labute approximate surface area is 116 Å². The highest BCUT2D eigenvalue weighted by molar-refractivity contribution is 8.00. The summed E-state index contributed by atoms with van der Waals surface area (Å²) < 4.78 is 5.05. The zero-order valence-corrected chi connectivity index (χ0v) is 12.8. The Morgan fingerprint density at radius 3 is 2.72 bits per heavy atom. The molecule has 0 aromatic carbocycles. The van der Waals surface area contributed by atoms with Crippen LogP contribution in [0.5, 0.6) is 0 Å². The third-order valence-electron chi connectivity index (χ3n) is 2.49. The van der Waals surface area contributed by atoms with Crippen LogP contribution in [0.1, 0.15) is 33.0 Å². The van der Waals surface area contributed by atoms with E-state index in [0.717, 1.165) is 15.9 Å². The lowest BCUT2D eigenvalue weighted by Gasteiger charge is -2.29. The number of nitrogens with two attached hydrogens (primary N) is 1. The topological polar surface area (TPSA) is 80.9 Å². The van der Waals surface area contributed by atoms with Crippen molar-refractivity contribution in [2.24, 2.45) is 5.73 Å². The van der Waals surface area contributed by atoms with E-state index in [-0.39, 0.29) is 11.9 Å². The number of nitrogens with one attached hydrogen (secondary N) is 1. The standard InChI is InChI=1S/C11H20N4OS2/c1-7(2)14-11(4,9(12)16)5-6-17-10-13-8(3)15-18-10/h7,14H,5-6H2,1-4H3,(H2,12,16). The predicted octanol–water partition coefficient (Wildman–Crippen LogP) is 1.57. The molecule has 0 radical (unpaired) electrons. The molecule has 1 aromatic heterocycles. The van der Waals surface area contributed by atoms with Gasteiger partial charge in [0.05, 0.1) is 5.54 Å². The van der Waals surface area contributed by atoms with E-state index in [4.69, 9.17) is 5.73 Å². The van der Waals surface area contributed by atoms with E-state index < -0.39 is 5.54 Å². The number of carbonyl (C=O) groups excluding carboxylic acids is 1. The Bertz CT molecular complexity index is 408. The van der Waals surface area contributed by atoms with Gasteiger partial charge in [-0.1, -0.05) is 11.8 Å². The van der Waals surface area contributed by atoms with Crippen LogP contribution in [-0.2, 0) is 4.79 Å². The van der Waals surface area contributed by atoms with Gasteiger partial charge in [0.1, 0.15) is 5.82 Å². The second kappa shape index (κ2) is 6.49. The zero-order valence-electron chi connectivity index (χ0n) is 11.2. The van der Waals surface area contributed by atoms with Crippen molar-refractivity contribution < 1.29 is 4.79 Å². The summed E-state index contributed by atoms with van der Waals surface area (Å²) in [7, 11) is 0. The van der Waals surface area contributed by atoms with E-state index >= 15 is 0 Å². The molecule has 0 aliphatic heterocycles. The fourth-order valence-electron chi connectivity index (χ4n) is 1.58. The predicted molar refractivity (Wildman–Crippen MR) is 75.9 cm³/mol. The summed E-state index contributed by atoms with van der Waals surface area (Å²) in [6, 6.07) is 0.219. The molecule has 0 fully saturated rings. The Morgan fingerprint density at radius 2 is 2.28 bits per heavy atom. The monoisotopic (exact) mass is 288 g/mol. The van der Waals surface area contributed by atoms with E-state index in [1.165, 1.54) is 11.5 Å². The van der Waals surface area contributed by atoms with Crippen molar-refractivity contribution >= 4 is 29.2 Å². The Kier molecular flexibility index (Phi) is 5.55. The first-order chi connectivity index (χ1) is 8.33. The fourth-order valence-corrected chi connectivity index (χ4v) is 3.46. The van der Waals surface area contributed by atoms with Crippen LogP contribution in [0.3, 0.4) is 0 Å². The number of nitrogens with zero attached hydrogens (tertiary/aromatic N) is 2. The summed E-state index contributed by atoms with van der Waals surface area (Å²) in [6.45, 7) is 7.72. The highest BCUT2D eigenvalue weighted by Gasteiger charge is 2.30. The van der Waals surface area contributed by atoms with Gasteiger partial charge in [-0.2, -0.15) is 4.37 Å². The molecule has 1 aromatic rings. The van der Waals surface area contributed by atoms with Crippen LogP contribution < -0.4 is 11.1 Å². The molecule has 5 nitrogen and oxygen atoms in total. The molecule has 1 atom stereocenters. The van der Waals surface area contributed by atoms with Gasteiger partial charge in [-0.3, -0.25) is 4.79 Å². The van der Waals surface area contributed by atoms with Crippen molar-refractivity contribution in [3.63, 3.8) is 0 Å². The lowest BCUT2D eigenvalue weighted by atomic mass is 9.97. The van der Waals surface area contributed by atoms with Crippen LogP contribution in [0, 0.1) is 6.92 Å². The Balaban J connectivity index is 2.50. The number of aromatic nitrogens is 2. The first-order valence-electron chi connectivity index (χ1n) is 5.84. The fraction of sp³-hybridized carbons (Fsp3) is 0.727. The number of primary amides is 1. The number of carbonyl (C=O) groups is 1. The van der Waals surface area contributed by atoms with Gasteiger partial charge in [0.15, 0.2) is 4.34 Å². The number of hydrogen-bond acceptors (Lipinski definition) is 6. The maximum absolute atomic E-state index is 11.5. The van der Waals surface area contributed by atoms with Crippen molar-refractivity contribution in [1.82, 2.24) is 14.7 Å². The van der Waals surface area contributed by atoms with Crippen molar-refractivity contribution in [3.8, 4) is 0 Å². The highest BCUT2D eigenvalue weighted by Crippen LogP contribution is 2.23. The van der Waals surface area contributed by atoms with Crippen molar-refractivity contribution in [3.05, 3.63) is 5.82 Å². The van der Waals surface area contributed by atoms with Gasteiger partial charge < -0.3 is 11.1 Å². The molecule has 7 heteroatoms. The van der Waals surface area contributed by atoms with Gasteiger partial charge in [-0.05, 0) is 45.6 Å². The van der Waals surface area contributed by atoms with Crippen LogP contribution in [0.2, 0.25) is 0 Å². The summed E-state index contributed by atoms with van der Waals surface area (Å²) in [5.74, 6) is 1.26. The molecule has 0 saturated carbocycles. The van der Waals surface area contributed by atoms with Gasteiger partial charge in [0.2, 0.25) is 5.91 Å². The van der Waals surface area contributed by atoms with E-state index in [9.17, 15) is 4.79 Å². The molecule has 0 bridgehead atoms. The molecule has 0 aliphatic carbocycles. The molecule has 1 unspecified atom stereocenters. The van der Waals surface area contributed by atoms with Gasteiger partial charge in [-0.25, -0.2) is 4.98 Å². The van der Waals surface area contributed by atoms with Gasteiger partial charge in [-0.15, -0.1) is 0 Å². The van der Waals surface area contributed by atoms with Gasteiger partial charge >= 0.3 is 0 Å². The second-order valence-corrected chi connectivity index (χ2v) is 6.80. The quantitative estimate of drug-likeness (QED) is 0.744. The van der Waals surface area contributed by atoms with Crippen molar-refractivity contribution in [2.75, 3.05) is 5.75 Å². The molecule has 3 N–H and O–H groups in total. The summed E-state index contributed by atoms with van der Waals surface area (Å²) in [6.07, 6.45) is 0.670.